The molecule has 34 heavy (non-hydrogen) atoms. The third-order valence-corrected chi connectivity index (χ3v) is 10.2. The molecule has 2 aliphatic carbocycles. The second kappa shape index (κ2) is 8.61. The summed E-state index contributed by atoms with van der Waals surface area (Å²) in [6.07, 6.45) is 5.30. The molecule has 188 valence electrons. The normalized spacial score (nSPS) is 39.4. The quantitative estimate of drug-likeness (QED) is 0.383. The molecular weight excluding hydrogens is 432 g/mol. The maximum absolute atomic E-state index is 13.8. The Hall–Kier alpha value is -1.95. The molecule has 2 bridgehead atoms. The SMILES string of the molecule is C=C(C)C1CC2OC1(CCC(=O)OC)CC1=C2C2(C)CCC(C(C)CCC(=O)O)C2(C)CC1=O. The standard InChI is InChI=1S/C28H40O6/c1-16(2)20-13-22-25-18(14-28(20,34-22)12-10-24(32)33-6)21(29)15-27(5)19(9-11-26(25,27)4)17(3)7-8-23(30)31/h17,19-20,22H,1,7-15H2,2-6H3,(H,30,31). The minimum absolute atomic E-state index is 0.0992. The van der Waals surface area contributed by atoms with Gasteiger partial charge in [-0.25, -0.2) is 0 Å². The van der Waals surface area contributed by atoms with Gasteiger partial charge in [0.1, 0.15) is 0 Å². The number of ketones is 1. The second-order valence-electron chi connectivity index (χ2n) is 11.9. The lowest BCUT2D eigenvalue weighted by Gasteiger charge is -2.54. The summed E-state index contributed by atoms with van der Waals surface area (Å²) in [7, 11) is 1.40. The van der Waals surface area contributed by atoms with Crippen LogP contribution in [-0.2, 0) is 23.9 Å². The maximum Gasteiger partial charge on any atom is 0.305 e. The van der Waals surface area contributed by atoms with Gasteiger partial charge in [0.25, 0.3) is 0 Å². The number of carboxylic acid groups (broad SMARTS) is 1. The van der Waals surface area contributed by atoms with E-state index >= 15 is 0 Å². The van der Waals surface area contributed by atoms with Crippen LogP contribution in [0.2, 0.25) is 0 Å². The van der Waals surface area contributed by atoms with Crippen molar-refractivity contribution in [1.82, 2.24) is 0 Å². The molecule has 0 radical (unpaired) electrons. The molecular formula is C28H40O6. The van der Waals surface area contributed by atoms with E-state index in [1.165, 1.54) is 12.7 Å². The first-order chi connectivity index (χ1) is 15.9. The summed E-state index contributed by atoms with van der Waals surface area (Å²) >= 11 is 0. The highest BCUT2D eigenvalue weighted by Gasteiger charge is 2.66. The molecule has 0 aromatic rings. The van der Waals surface area contributed by atoms with Crippen molar-refractivity contribution in [3.8, 4) is 0 Å². The summed E-state index contributed by atoms with van der Waals surface area (Å²) in [5.74, 6) is -0.159. The third kappa shape index (κ3) is 3.68. The predicted octanol–water partition coefficient (Wildman–Crippen LogP) is 5.26. The Morgan fingerprint density at radius 2 is 1.97 bits per heavy atom. The topological polar surface area (TPSA) is 89.9 Å². The van der Waals surface area contributed by atoms with Gasteiger partial charge >= 0.3 is 11.9 Å². The minimum Gasteiger partial charge on any atom is -0.481 e. The van der Waals surface area contributed by atoms with Gasteiger partial charge in [-0.3, -0.25) is 14.4 Å². The molecule has 1 saturated carbocycles. The van der Waals surface area contributed by atoms with Crippen LogP contribution in [0.15, 0.2) is 23.3 Å². The first-order valence-corrected chi connectivity index (χ1v) is 12.8. The van der Waals surface area contributed by atoms with Crippen molar-refractivity contribution in [2.24, 2.45) is 28.6 Å². The van der Waals surface area contributed by atoms with Crippen LogP contribution in [0.5, 0.6) is 0 Å². The number of hydrogen-bond donors (Lipinski definition) is 1. The van der Waals surface area contributed by atoms with E-state index in [1.54, 1.807) is 0 Å². The average Bonchev–Trinajstić information content (AvgIpc) is 3.21. The van der Waals surface area contributed by atoms with E-state index in [4.69, 9.17) is 9.47 Å². The number of rotatable bonds is 8. The minimum atomic E-state index is -0.761. The van der Waals surface area contributed by atoms with Gasteiger partial charge in [0.15, 0.2) is 5.78 Å². The number of methoxy groups -OCH3 is 1. The van der Waals surface area contributed by atoms with E-state index in [2.05, 4.69) is 27.4 Å². The van der Waals surface area contributed by atoms with Crippen LogP contribution in [0, 0.1) is 28.6 Å². The maximum atomic E-state index is 13.8. The first kappa shape index (κ1) is 25.2. The number of carbonyl (C=O) groups is 3. The number of Topliss-reactive ketones (excluding diaryl/α,β-unsaturated/α-hetero) is 1. The summed E-state index contributed by atoms with van der Waals surface area (Å²) in [6.45, 7) is 13.0. The van der Waals surface area contributed by atoms with Gasteiger partial charge in [-0.2, -0.15) is 0 Å². The number of aliphatic carboxylic acids is 1. The Morgan fingerprint density at radius 1 is 1.26 bits per heavy atom. The van der Waals surface area contributed by atoms with Crippen molar-refractivity contribution in [2.75, 3.05) is 7.11 Å². The van der Waals surface area contributed by atoms with Gasteiger partial charge in [-0.1, -0.05) is 32.9 Å². The molecule has 7 unspecified atom stereocenters. The van der Waals surface area contributed by atoms with Crippen molar-refractivity contribution >= 4 is 17.7 Å². The van der Waals surface area contributed by atoms with Gasteiger partial charge in [0.2, 0.25) is 0 Å². The smallest absolute Gasteiger partial charge is 0.305 e. The van der Waals surface area contributed by atoms with E-state index in [0.717, 1.165) is 30.4 Å². The number of hydrogen-bond acceptors (Lipinski definition) is 5. The lowest BCUT2D eigenvalue weighted by Crippen LogP contribution is -2.52. The summed E-state index contributed by atoms with van der Waals surface area (Å²) in [6, 6.07) is 0. The summed E-state index contributed by atoms with van der Waals surface area (Å²) < 4.78 is 11.7. The van der Waals surface area contributed by atoms with Gasteiger partial charge in [-0.15, -0.1) is 0 Å². The van der Waals surface area contributed by atoms with Crippen LogP contribution in [0.25, 0.3) is 0 Å². The molecule has 6 nitrogen and oxygen atoms in total. The fourth-order valence-corrected chi connectivity index (χ4v) is 8.23. The Labute approximate surface area is 203 Å². The van der Waals surface area contributed by atoms with Crippen LogP contribution < -0.4 is 0 Å². The van der Waals surface area contributed by atoms with Gasteiger partial charge < -0.3 is 14.6 Å². The van der Waals surface area contributed by atoms with E-state index in [9.17, 15) is 19.5 Å². The van der Waals surface area contributed by atoms with Crippen LogP contribution >= 0.6 is 0 Å². The molecule has 4 rings (SSSR count). The predicted molar refractivity (Wildman–Crippen MR) is 128 cm³/mol. The molecule has 2 aliphatic heterocycles. The van der Waals surface area contributed by atoms with E-state index in [-0.39, 0.29) is 53.4 Å². The zero-order valence-electron chi connectivity index (χ0n) is 21.4. The highest BCUT2D eigenvalue weighted by atomic mass is 16.5. The van der Waals surface area contributed by atoms with Crippen molar-refractivity contribution in [1.29, 1.82) is 0 Å². The first-order valence-electron chi connectivity index (χ1n) is 12.8. The molecule has 0 aromatic carbocycles. The highest BCUT2D eigenvalue weighted by Crippen LogP contribution is 2.70. The van der Waals surface area contributed by atoms with Gasteiger partial charge in [0.05, 0.1) is 18.8 Å². The van der Waals surface area contributed by atoms with Gasteiger partial charge in [0, 0.05) is 37.2 Å². The Balaban J connectivity index is 1.70. The summed E-state index contributed by atoms with van der Waals surface area (Å²) in [4.78, 5) is 36.9. The third-order valence-electron chi connectivity index (χ3n) is 10.2. The zero-order chi connectivity index (χ0) is 25.1. The molecule has 6 heteroatoms. The molecule has 4 aliphatic rings. The number of carboxylic acids is 1. The number of ether oxygens (including phenoxy) is 2. The molecule has 0 amide bonds. The fraction of sp³-hybridized carbons (Fsp3) is 0.750. The summed E-state index contributed by atoms with van der Waals surface area (Å²) in [5, 5.41) is 9.19. The van der Waals surface area contributed by atoms with Gasteiger partial charge in [-0.05, 0) is 67.3 Å². The van der Waals surface area contributed by atoms with Crippen molar-refractivity contribution < 1.29 is 29.0 Å². The Morgan fingerprint density at radius 3 is 2.59 bits per heavy atom. The van der Waals surface area contributed by atoms with Crippen LogP contribution in [-0.4, -0.2) is 41.6 Å². The van der Waals surface area contributed by atoms with Crippen molar-refractivity contribution in [3.05, 3.63) is 23.3 Å². The molecule has 7 atom stereocenters. The molecule has 0 spiro atoms. The number of carbonyl (C=O) groups excluding carboxylic acids is 2. The average molecular weight is 473 g/mol. The zero-order valence-corrected chi connectivity index (χ0v) is 21.4. The molecule has 2 fully saturated rings. The lowest BCUT2D eigenvalue weighted by molar-refractivity contribution is -0.144. The molecule has 1 N–H and O–H groups in total. The molecule has 0 aromatic heterocycles. The molecule has 1 saturated heterocycles. The van der Waals surface area contributed by atoms with E-state index < -0.39 is 11.6 Å². The second-order valence-corrected chi connectivity index (χ2v) is 11.9. The highest BCUT2D eigenvalue weighted by molar-refractivity contribution is 5.99. The van der Waals surface area contributed by atoms with Crippen LogP contribution in [0.1, 0.15) is 85.5 Å². The lowest BCUT2D eigenvalue weighted by atomic mass is 9.51. The largest absolute Gasteiger partial charge is 0.481 e. The Bertz CT molecular complexity index is 949. The molecule has 2 heterocycles. The van der Waals surface area contributed by atoms with E-state index in [1.807, 2.05) is 6.92 Å². The van der Waals surface area contributed by atoms with Crippen molar-refractivity contribution in [2.45, 2.75) is 97.2 Å². The number of esters is 1. The van der Waals surface area contributed by atoms with E-state index in [0.29, 0.717) is 31.6 Å². The van der Waals surface area contributed by atoms with Crippen LogP contribution in [0.3, 0.4) is 0 Å². The fourth-order valence-electron chi connectivity index (χ4n) is 8.23. The number of fused-ring (bicyclic) bond motifs is 5. The summed E-state index contributed by atoms with van der Waals surface area (Å²) in [5.41, 5.74) is 2.23. The van der Waals surface area contributed by atoms with Crippen LogP contribution in [0.4, 0.5) is 0 Å². The van der Waals surface area contributed by atoms with Crippen molar-refractivity contribution in [3.63, 3.8) is 0 Å². The Kier molecular flexibility index (Phi) is 6.37. The monoisotopic (exact) mass is 472 g/mol.